The topological polar surface area (TPSA) is 25.8 Å². The number of fused-ring (bicyclic) bond motifs is 16. The molecule has 12 rings (SSSR count). The average molecular weight is 891 g/mol. The Morgan fingerprint density at radius 2 is 1.25 bits per heavy atom. The van der Waals surface area contributed by atoms with Crippen LogP contribution in [0.5, 0.6) is 0 Å². The number of imidazole rings is 1. The summed E-state index contributed by atoms with van der Waals surface area (Å²) >= 11 is 0. The quantitative estimate of drug-likeness (QED) is 0.116. The molecule has 2 aliphatic heterocycles. The highest BCUT2D eigenvalue weighted by molar-refractivity contribution is 6.89. The molecule has 4 nitrogen and oxygen atoms in total. The summed E-state index contributed by atoms with van der Waals surface area (Å²) in [5.74, 6) is 0.759. The van der Waals surface area contributed by atoms with E-state index < -0.39 is 19.6 Å². The number of hydrogen-bond donors (Lipinski definition) is 0. The lowest BCUT2D eigenvalue weighted by Gasteiger charge is -2.25. The smallest absolute Gasteiger partial charge is 0.364 e. The fourth-order valence-corrected chi connectivity index (χ4v) is 13.3. The van der Waals surface area contributed by atoms with Gasteiger partial charge in [0.25, 0.3) is 0 Å². The molecule has 0 saturated heterocycles. The van der Waals surface area contributed by atoms with E-state index in [1.165, 1.54) is 60.9 Å². The molecule has 1 spiro atoms. The Morgan fingerprint density at radius 3 is 1.96 bits per heavy atom. The number of hydrogen-bond acceptors (Lipinski definition) is 1. The maximum absolute atomic E-state index is 9.58. The zero-order chi connectivity index (χ0) is 47.2. The maximum atomic E-state index is 9.58. The van der Waals surface area contributed by atoms with E-state index in [4.69, 9.17) is 4.42 Å². The number of rotatable bonds is 7. The van der Waals surface area contributed by atoms with Crippen LogP contribution in [0.4, 0.5) is 0 Å². The monoisotopic (exact) mass is 890 g/mol. The first-order chi connectivity index (χ1) is 32.6. The highest BCUT2D eigenvalue weighted by Gasteiger charge is 2.67. The van der Waals surface area contributed by atoms with Gasteiger partial charge in [0, 0.05) is 34.5 Å². The maximum Gasteiger partial charge on any atom is 0.364 e. The Morgan fingerprint density at radius 1 is 0.612 bits per heavy atom. The van der Waals surface area contributed by atoms with Gasteiger partial charge in [-0.1, -0.05) is 152 Å². The van der Waals surface area contributed by atoms with Crippen molar-refractivity contribution in [1.29, 1.82) is 0 Å². The molecule has 7 aromatic carbocycles. The molecule has 5 heteroatoms. The van der Waals surface area contributed by atoms with E-state index in [1.54, 1.807) is 0 Å². The van der Waals surface area contributed by atoms with Gasteiger partial charge in [-0.05, 0) is 113 Å². The van der Waals surface area contributed by atoms with Crippen LogP contribution in [0.15, 0.2) is 162 Å². The Kier molecular flexibility index (Phi) is 8.96. The van der Waals surface area contributed by atoms with Crippen LogP contribution in [0.3, 0.4) is 0 Å². The van der Waals surface area contributed by atoms with Crippen molar-refractivity contribution in [2.24, 2.45) is 0 Å². The number of nitrogens with zero attached hydrogens (tertiary/aromatic N) is 3. The lowest BCUT2D eigenvalue weighted by Crippen LogP contribution is -2.72. The molecule has 0 amide bonds. The van der Waals surface area contributed by atoms with Crippen molar-refractivity contribution in [1.82, 2.24) is 4.57 Å². The van der Waals surface area contributed by atoms with Crippen molar-refractivity contribution in [2.45, 2.75) is 91.5 Å². The highest BCUT2D eigenvalue weighted by Crippen LogP contribution is 2.53. The SMILES string of the molecule is [2H]C(C)(C)c1cc2[n+](cc1[Si](C)(C)C)C1(c3ccccc3-2)c2ccc3c(oc4cc(-c5ccc(C)cc5)ccc43)c2-c2n(-c3c(C(C)C)cc(-c4ccccc4)cc3C(C)C)c3ccccc3[n+]21. The molecule has 5 heterocycles. The van der Waals surface area contributed by atoms with Gasteiger partial charge in [-0.3, -0.25) is 0 Å². The first-order valence-corrected chi connectivity index (χ1v) is 27.6. The standard InChI is InChI=1S/C62H59N3OSi/c1-37(2)48-35-55-47-20-14-15-21-51(47)62(63(55)36-57(48)67(8,9)10)52-31-30-46-45-29-28-43(42-26-24-40(7)25-27-42)34-56(45)66-60(46)58(52)61-64(53-22-16-17-23-54(53)65(61)62)59-49(38(3)4)32-44(33-50(59)39(5)6)41-18-12-11-13-19-41/h11-39H,1-10H3/q+2/i37D. The molecule has 2 aliphatic rings. The second-order valence-electron chi connectivity index (χ2n) is 21.0. The van der Waals surface area contributed by atoms with Gasteiger partial charge in [-0.2, -0.15) is 4.57 Å². The highest BCUT2D eigenvalue weighted by atomic mass is 28.3. The normalized spacial score (nSPS) is 15.6. The second-order valence-corrected chi connectivity index (χ2v) is 26.1. The van der Waals surface area contributed by atoms with Gasteiger partial charge in [0.1, 0.15) is 16.8 Å². The van der Waals surface area contributed by atoms with Gasteiger partial charge in [-0.25, -0.2) is 0 Å². The molecule has 0 radical (unpaired) electrons. The molecule has 1 atom stereocenters. The van der Waals surface area contributed by atoms with Crippen LogP contribution in [-0.2, 0) is 5.66 Å². The van der Waals surface area contributed by atoms with E-state index in [0.717, 1.165) is 61.2 Å². The minimum Gasteiger partial charge on any atom is -0.455 e. The lowest BCUT2D eigenvalue weighted by molar-refractivity contribution is -0.944. The fourth-order valence-electron chi connectivity index (χ4n) is 11.6. The van der Waals surface area contributed by atoms with Crippen molar-refractivity contribution in [3.8, 4) is 50.6 Å². The lowest BCUT2D eigenvalue weighted by atomic mass is 9.87. The van der Waals surface area contributed by atoms with Crippen LogP contribution in [0.25, 0.3) is 83.6 Å². The molecule has 10 aromatic rings. The first-order valence-electron chi connectivity index (χ1n) is 24.6. The zero-order valence-corrected chi connectivity index (χ0v) is 41.4. The summed E-state index contributed by atoms with van der Waals surface area (Å²) in [6, 6.07) is 56.5. The summed E-state index contributed by atoms with van der Waals surface area (Å²) < 4.78 is 24.9. The number of pyridine rings is 1. The van der Waals surface area contributed by atoms with Gasteiger partial charge in [0.05, 0.1) is 24.8 Å². The van der Waals surface area contributed by atoms with E-state index in [9.17, 15) is 1.37 Å². The first kappa shape index (κ1) is 40.5. The van der Waals surface area contributed by atoms with Crippen LogP contribution in [0, 0.1) is 6.92 Å². The third-order valence-electron chi connectivity index (χ3n) is 14.8. The van der Waals surface area contributed by atoms with E-state index in [1.807, 2.05) is 0 Å². The summed E-state index contributed by atoms with van der Waals surface area (Å²) in [5, 5.41) is 3.52. The van der Waals surface area contributed by atoms with Crippen molar-refractivity contribution >= 4 is 46.2 Å². The summed E-state index contributed by atoms with van der Waals surface area (Å²) in [5.41, 5.74) is 20.1. The number of aromatic nitrogens is 3. The number of aryl methyl sites for hydroxylation is 1. The Bertz CT molecular complexity index is 3680. The number of benzene rings is 7. The molecule has 67 heavy (non-hydrogen) atoms. The third kappa shape index (κ3) is 5.89. The van der Waals surface area contributed by atoms with Crippen LogP contribution in [-0.4, -0.2) is 12.6 Å². The van der Waals surface area contributed by atoms with Crippen molar-refractivity contribution in [2.75, 3.05) is 0 Å². The molecule has 0 bridgehead atoms. The summed E-state index contributed by atoms with van der Waals surface area (Å²) in [4.78, 5) is 0. The van der Waals surface area contributed by atoms with Crippen LogP contribution < -0.4 is 14.3 Å². The minimum atomic E-state index is -2.04. The molecule has 1 unspecified atom stereocenters. The van der Waals surface area contributed by atoms with Gasteiger partial charge in [0.2, 0.25) is 5.69 Å². The largest absolute Gasteiger partial charge is 0.455 e. The Balaban J connectivity index is 1.29. The van der Waals surface area contributed by atoms with Gasteiger partial charge >= 0.3 is 11.5 Å². The number of para-hydroxylation sites is 2. The van der Waals surface area contributed by atoms with Gasteiger partial charge in [-0.15, -0.1) is 9.13 Å². The summed E-state index contributed by atoms with van der Waals surface area (Å²) in [6.45, 7) is 22.9. The van der Waals surface area contributed by atoms with Crippen LogP contribution >= 0.6 is 0 Å². The Labute approximate surface area is 397 Å². The predicted octanol–water partition coefficient (Wildman–Crippen LogP) is 14.9. The predicted molar refractivity (Wildman–Crippen MR) is 281 cm³/mol. The van der Waals surface area contributed by atoms with Crippen LogP contribution in [0.1, 0.15) is 94.0 Å². The summed E-state index contributed by atoms with van der Waals surface area (Å²) in [7, 11) is -2.04. The molecular weight excluding hydrogens is 831 g/mol. The fraction of sp³-hybridized carbons (Fsp3) is 0.226. The van der Waals surface area contributed by atoms with Crippen molar-refractivity contribution in [3.63, 3.8) is 0 Å². The van der Waals surface area contributed by atoms with Crippen LogP contribution in [0.2, 0.25) is 19.6 Å². The van der Waals surface area contributed by atoms with Gasteiger partial charge in [0.15, 0.2) is 22.8 Å². The van der Waals surface area contributed by atoms with Crippen molar-refractivity contribution in [3.05, 3.63) is 191 Å². The molecule has 0 N–H and O–H groups in total. The molecule has 0 saturated carbocycles. The van der Waals surface area contributed by atoms with E-state index in [0.29, 0.717) is 0 Å². The minimum absolute atomic E-state index is 0.221. The average Bonchev–Trinajstić information content (AvgIpc) is 4.03. The molecular formula is C62H59N3OSi+2. The van der Waals surface area contributed by atoms with E-state index >= 15 is 0 Å². The van der Waals surface area contributed by atoms with E-state index in [-0.39, 0.29) is 11.8 Å². The molecule has 330 valence electrons. The summed E-state index contributed by atoms with van der Waals surface area (Å²) in [6.07, 6.45) is 2.47. The molecule has 3 aromatic heterocycles. The number of furan rings is 1. The van der Waals surface area contributed by atoms with Gasteiger partial charge < -0.3 is 4.42 Å². The molecule has 0 fully saturated rings. The third-order valence-corrected chi connectivity index (χ3v) is 16.9. The Hall–Kier alpha value is -6.82. The zero-order valence-electron chi connectivity index (χ0n) is 41.4. The van der Waals surface area contributed by atoms with E-state index in [2.05, 4.69) is 240 Å². The second kappa shape index (κ2) is 14.8. The van der Waals surface area contributed by atoms with Crippen molar-refractivity contribution < 1.29 is 14.9 Å². The molecule has 0 aliphatic carbocycles.